The van der Waals surface area contributed by atoms with E-state index in [2.05, 4.69) is 12.3 Å². The molecule has 0 atom stereocenters. The second-order valence-electron chi connectivity index (χ2n) is 3.00. The molecular weight excluding hydrogens is 148 g/mol. The summed E-state index contributed by atoms with van der Waals surface area (Å²) in [7, 11) is 2.01. The van der Waals surface area contributed by atoms with Crippen molar-refractivity contribution >= 4 is 16.5 Å². The Kier molecular flexibility index (Phi) is 1.47. The number of fused-ring (bicyclic) bond motifs is 1. The van der Waals surface area contributed by atoms with Gasteiger partial charge in [-0.1, -0.05) is 0 Å². The quantitative estimate of drug-likeness (QED) is 0.455. The highest BCUT2D eigenvalue weighted by Crippen LogP contribution is 2.14. The SMILES string of the molecule is C[n+]1ccc2cc(N)ccc2c1. The lowest BCUT2D eigenvalue weighted by Gasteiger charge is -1.96. The second-order valence-corrected chi connectivity index (χ2v) is 3.00. The molecule has 0 unspecified atom stereocenters. The summed E-state index contributed by atoms with van der Waals surface area (Å²) in [6, 6.07) is 7.99. The zero-order chi connectivity index (χ0) is 8.55. The summed E-state index contributed by atoms with van der Waals surface area (Å²) in [6.07, 6.45) is 4.09. The molecule has 0 aliphatic carbocycles. The van der Waals surface area contributed by atoms with Crippen LogP contribution < -0.4 is 10.3 Å². The fourth-order valence-corrected chi connectivity index (χ4v) is 1.32. The highest BCUT2D eigenvalue weighted by Gasteiger charge is 1.97. The van der Waals surface area contributed by atoms with Crippen LogP contribution in [-0.4, -0.2) is 0 Å². The van der Waals surface area contributed by atoms with Gasteiger partial charge in [0, 0.05) is 17.1 Å². The number of nitrogen functional groups attached to an aromatic ring is 1. The molecule has 0 fully saturated rings. The average molecular weight is 159 g/mol. The maximum atomic E-state index is 5.66. The molecule has 1 aromatic heterocycles. The van der Waals surface area contributed by atoms with Crippen molar-refractivity contribution in [3.63, 3.8) is 0 Å². The van der Waals surface area contributed by atoms with Gasteiger partial charge in [0.05, 0.1) is 0 Å². The molecule has 2 aromatic rings. The summed E-state index contributed by atoms with van der Waals surface area (Å²) in [4.78, 5) is 0. The van der Waals surface area contributed by atoms with E-state index in [4.69, 9.17) is 5.73 Å². The van der Waals surface area contributed by atoms with Crippen LogP contribution in [0, 0.1) is 0 Å². The van der Waals surface area contributed by atoms with Crippen LogP contribution in [0.5, 0.6) is 0 Å². The predicted octanol–water partition coefficient (Wildman–Crippen LogP) is 1.25. The predicted molar refractivity (Wildman–Crippen MR) is 49.5 cm³/mol. The molecule has 0 amide bonds. The molecule has 0 aliphatic heterocycles. The number of aryl methyl sites for hydroxylation is 1. The normalized spacial score (nSPS) is 10.4. The molecule has 2 rings (SSSR count). The largest absolute Gasteiger partial charge is 0.399 e. The van der Waals surface area contributed by atoms with E-state index in [9.17, 15) is 0 Å². The first-order chi connectivity index (χ1) is 5.75. The van der Waals surface area contributed by atoms with Crippen molar-refractivity contribution < 1.29 is 4.57 Å². The molecule has 1 aromatic carbocycles. The summed E-state index contributed by atoms with van der Waals surface area (Å²) in [5, 5.41) is 2.40. The van der Waals surface area contributed by atoms with Gasteiger partial charge in [0.1, 0.15) is 7.05 Å². The Morgan fingerprint density at radius 3 is 2.83 bits per heavy atom. The lowest BCUT2D eigenvalue weighted by atomic mass is 10.1. The van der Waals surface area contributed by atoms with E-state index in [1.807, 2.05) is 36.0 Å². The first kappa shape index (κ1) is 7.10. The summed E-state index contributed by atoms with van der Waals surface area (Å²) < 4.78 is 2.03. The smallest absolute Gasteiger partial charge is 0.176 e. The Bertz CT molecular complexity index is 380. The van der Waals surface area contributed by atoms with Crippen LogP contribution in [0.4, 0.5) is 5.69 Å². The van der Waals surface area contributed by atoms with Gasteiger partial charge in [-0.25, -0.2) is 4.57 Å². The number of pyridine rings is 1. The molecule has 0 aliphatic rings. The Balaban J connectivity index is 2.79. The molecule has 0 bridgehead atoms. The number of anilines is 1. The van der Waals surface area contributed by atoms with Crippen molar-refractivity contribution in [2.75, 3.05) is 5.73 Å². The number of aromatic nitrogens is 1. The second kappa shape index (κ2) is 2.48. The standard InChI is InChI=1S/C10H10N2/c1-12-5-4-8-6-10(11)3-2-9(8)7-12/h2-7,11H,1H3/p+1. The molecule has 2 N–H and O–H groups in total. The Morgan fingerprint density at radius 2 is 2.00 bits per heavy atom. The van der Waals surface area contributed by atoms with E-state index in [1.54, 1.807) is 0 Å². The van der Waals surface area contributed by atoms with E-state index in [0.717, 1.165) is 5.69 Å². The van der Waals surface area contributed by atoms with Crippen LogP contribution in [-0.2, 0) is 7.05 Å². The third kappa shape index (κ3) is 1.11. The van der Waals surface area contributed by atoms with Gasteiger partial charge in [0.25, 0.3) is 0 Å². The number of benzene rings is 1. The van der Waals surface area contributed by atoms with Crippen LogP contribution in [0.25, 0.3) is 10.8 Å². The van der Waals surface area contributed by atoms with E-state index < -0.39 is 0 Å². The van der Waals surface area contributed by atoms with E-state index >= 15 is 0 Å². The van der Waals surface area contributed by atoms with Gasteiger partial charge in [0.2, 0.25) is 0 Å². The number of hydrogen-bond acceptors (Lipinski definition) is 1. The van der Waals surface area contributed by atoms with E-state index in [-0.39, 0.29) is 0 Å². The van der Waals surface area contributed by atoms with Gasteiger partial charge in [-0.2, -0.15) is 0 Å². The number of nitrogens with zero attached hydrogens (tertiary/aromatic N) is 1. The maximum Gasteiger partial charge on any atom is 0.176 e. The third-order valence-electron chi connectivity index (χ3n) is 1.94. The van der Waals surface area contributed by atoms with Crippen molar-refractivity contribution in [1.29, 1.82) is 0 Å². The van der Waals surface area contributed by atoms with E-state index in [0.29, 0.717) is 0 Å². The van der Waals surface area contributed by atoms with Crippen LogP contribution >= 0.6 is 0 Å². The fourth-order valence-electron chi connectivity index (χ4n) is 1.32. The Morgan fingerprint density at radius 1 is 1.17 bits per heavy atom. The minimum absolute atomic E-state index is 0.816. The zero-order valence-electron chi connectivity index (χ0n) is 6.99. The van der Waals surface area contributed by atoms with Crippen LogP contribution in [0.1, 0.15) is 0 Å². The van der Waals surface area contributed by atoms with Gasteiger partial charge in [-0.15, -0.1) is 0 Å². The molecule has 0 saturated heterocycles. The van der Waals surface area contributed by atoms with E-state index in [1.165, 1.54) is 10.8 Å². The summed E-state index contributed by atoms with van der Waals surface area (Å²) in [5.74, 6) is 0. The lowest BCUT2D eigenvalue weighted by Crippen LogP contribution is -2.25. The molecule has 2 nitrogen and oxygen atoms in total. The van der Waals surface area contributed by atoms with Crippen LogP contribution in [0.3, 0.4) is 0 Å². The molecule has 0 spiro atoms. The maximum absolute atomic E-state index is 5.66. The van der Waals surface area contributed by atoms with Crippen molar-refractivity contribution in [3.05, 3.63) is 36.7 Å². The molecule has 1 heterocycles. The van der Waals surface area contributed by atoms with Gasteiger partial charge in [-0.3, -0.25) is 0 Å². The van der Waals surface area contributed by atoms with Gasteiger partial charge < -0.3 is 5.73 Å². The van der Waals surface area contributed by atoms with Crippen molar-refractivity contribution in [2.45, 2.75) is 0 Å². The minimum atomic E-state index is 0.816. The summed E-state index contributed by atoms with van der Waals surface area (Å²) >= 11 is 0. The van der Waals surface area contributed by atoms with Crippen molar-refractivity contribution in [2.24, 2.45) is 7.05 Å². The third-order valence-corrected chi connectivity index (χ3v) is 1.94. The topological polar surface area (TPSA) is 29.9 Å². The average Bonchev–Trinajstić information content (AvgIpc) is 2.05. The molecule has 0 saturated carbocycles. The summed E-state index contributed by atoms with van der Waals surface area (Å²) in [6.45, 7) is 0. The minimum Gasteiger partial charge on any atom is -0.399 e. The molecule has 12 heavy (non-hydrogen) atoms. The lowest BCUT2D eigenvalue weighted by molar-refractivity contribution is -0.670. The zero-order valence-corrected chi connectivity index (χ0v) is 6.99. The number of nitrogens with two attached hydrogens (primary N) is 1. The monoisotopic (exact) mass is 159 g/mol. The molecular formula is C10H11N2+. The molecule has 60 valence electrons. The van der Waals surface area contributed by atoms with Crippen LogP contribution in [0.2, 0.25) is 0 Å². The molecule has 2 heteroatoms. The first-order valence-corrected chi connectivity index (χ1v) is 3.90. The van der Waals surface area contributed by atoms with Crippen molar-refractivity contribution in [1.82, 2.24) is 0 Å². The highest BCUT2D eigenvalue weighted by molar-refractivity contribution is 5.83. The fraction of sp³-hybridized carbons (Fsp3) is 0.100. The summed E-state index contributed by atoms with van der Waals surface area (Å²) in [5.41, 5.74) is 6.47. The first-order valence-electron chi connectivity index (χ1n) is 3.90. The number of rotatable bonds is 0. The number of hydrogen-bond donors (Lipinski definition) is 1. The van der Waals surface area contributed by atoms with Crippen molar-refractivity contribution in [3.8, 4) is 0 Å². The Hall–Kier alpha value is -1.57. The van der Waals surface area contributed by atoms with Crippen LogP contribution in [0.15, 0.2) is 36.7 Å². The molecule has 0 radical (unpaired) electrons. The van der Waals surface area contributed by atoms with Gasteiger partial charge in [-0.05, 0) is 23.6 Å². The highest BCUT2D eigenvalue weighted by atomic mass is 14.9. The Labute approximate surface area is 71.2 Å². The van der Waals surface area contributed by atoms with Gasteiger partial charge >= 0.3 is 0 Å². The van der Waals surface area contributed by atoms with Gasteiger partial charge in [0.15, 0.2) is 12.4 Å².